The standard InChI is InChI=1S/C9H18N6O/c1-2-3-5-11-9(14-10)12-6-4-8-13-7-16-15-8/h7H,2-6,10H2,1H3,(H2,11,12,14). The second-order valence-electron chi connectivity index (χ2n) is 3.25. The van der Waals surface area contributed by atoms with E-state index in [9.17, 15) is 0 Å². The van der Waals surface area contributed by atoms with Gasteiger partial charge in [0.05, 0.1) is 0 Å². The average molecular weight is 226 g/mol. The minimum absolute atomic E-state index is 0.594. The lowest BCUT2D eigenvalue weighted by molar-refractivity contribution is 0.409. The molecule has 16 heavy (non-hydrogen) atoms. The molecule has 0 spiro atoms. The van der Waals surface area contributed by atoms with Crippen LogP contribution in [-0.2, 0) is 6.42 Å². The van der Waals surface area contributed by atoms with Gasteiger partial charge in [0.2, 0.25) is 12.4 Å². The monoisotopic (exact) mass is 226 g/mol. The van der Waals surface area contributed by atoms with Gasteiger partial charge in [0.25, 0.3) is 0 Å². The van der Waals surface area contributed by atoms with Crippen LogP contribution in [0, 0.1) is 0 Å². The molecule has 0 bridgehead atoms. The number of guanidine groups is 1. The molecular weight excluding hydrogens is 208 g/mol. The molecule has 0 saturated heterocycles. The second kappa shape index (κ2) is 7.63. The van der Waals surface area contributed by atoms with Crippen LogP contribution in [0.25, 0.3) is 0 Å². The molecule has 1 rings (SSSR count). The van der Waals surface area contributed by atoms with Crippen LogP contribution in [0.4, 0.5) is 0 Å². The van der Waals surface area contributed by atoms with Crippen molar-refractivity contribution in [1.82, 2.24) is 20.9 Å². The van der Waals surface area contributed by atoms with E-state index < -0.39 is 0 Å². The van der Waals surface area contributed by atoms with Gasteiger partial charge in [-0.25, -0.2) is 5.84 Å². The van der Waals surface area contributed by atoms with E-state index in [-0.39, 0.29) is 0 Å². The highest BCUT2D eigenvalue weighted by molar-refractivity contribution is 5.79. The number of aliphatic imine (C=N–C) groups is 1. The first kappa shape index (κ1) is 12.4. The van der Waals surface area contributed by atoms with E-state index in [1.165, 1.54) is 6.39 Å². The molecule has 0 saturated carbocycles. The highest BCUT2D eigenvalue weighted by atomic mass is 16.5. The predicted molar refractivity (Wildman–Crippen MR) is 60.5 cm³/mol. The molecule has 0 atom stereocenters. The van der Waals surface area contributed by atoms with E-state index in [2.05, 4.69) is 37.3 Å². The van der Waals surface area contributed by atoms with E-state index in [4.69, 9.17) is 5.84 Å². The van der Waals surface area contributed by atoms with E-state index >= 15 is 0 Å². The zero-order valence-electron chi connectivity index (χ0n) is 9.44. The molecule has 90 valence electrons. The summed E-state index contributed by atoms with van der Waals surface area (Å²) in [7, 11) is 0. The first-order valence-electron chi connectivity index (χ1n) is 5.37. The predicted octanol–water partition coefficient (Wildman–Crippen LogP) is -0.179. The molecule has 7 heteroatoms. The van der Waals surface area contributed by atoms with Crippen molar-refractivity contribution < 1.29 is 4.52 Å². The molecule has 7 nitrogen and oxygen atoms in total. The minimum Gasteiger partial charge on any atom is -0.355 e. The Hall–Kier alpha value is -1.63. The number of nitrogens with zero attached hydrogens (tertiary/aromatic N) is 3. The molecule has 4 N–H and O–H groups in total. The molecule has 0 aliphatic rings. The highest BCUT2D eigenvalue weighted by Gasteiger charge is 1.99. The number of hydrogen-bond acceptors (Lipinski definition) is 5. The molecule has 1 heterocycles. The third kappa shape index (κ3) is 4.74. The normalized spacial score (nSPS) is 11.5. The molecule has 0 fully saturated rings. The van der Waals surface area contributed by atoms with Gasteiger partial charge in [0, 0.05) is 19.5 Å². The maximum atomic E-state index is 5.32. The number of nitrogens with one attached hydrogen (secondary N) is 2. The maximum Gasteiger partial charge on any atom is 0.213 e. The highest BCUT2D eigenvalue weighted by Crippen LogP contribution is 1.89. The molecular formula is C9H18N6O. The summed E-state index contributed by atoms with van der Waals surface area (Å²) >= 11 is 0. The van der Waals surface area contributed by atoms with Crippen LogP contribution in [0.2, 0.25) is 0 Å². The lowest BCUT2D eigenvalue weighted by Crippen LogP contribution is -2.42. The van der Waals surface area contributed by atoms with Gasteiger partial charge in [-0.15, -0.1) is 0 Å². The molecule has 1 aromatic heterocycles. The Bertz CT molecular complexity index is 297. The summed E-state index contributed by atoms with van der Waals surface area (Å²) in [5.41, 5.74) is 2.52. The van der Waals surface area contributed by atoms with E-state index in [0.717, 1.165) is 19.4 Å². The number of nitrogens with two attached hydrogens (primary N) is 1. The first-order chi connectivity index (χ1) is 7.86. The van der Waals surface area contributed by atoms with Gasteiger partial charge in [-0.2, -0.15) is 4.98 Å². The molecule has 0 aliphatic carbocycles. The Morgan fingerprint density at radius 3 is 3.12 bits per heavy atom. The molecule has 0 unspecified atom stereocenters. The fourth-order valence-electron chi connectivity index (χ4n) is 1.10. The summed E-state index contributed by atoms with van der Waals surface area (Å²) < 4.78 is 4.62. The Labute approximate surface area is 94.5 Å². The number of rotatable bonds is 6. The Morgan fingerprint density at radius 2 is 2.50 bits per heavy atom. The molecule has 0 amide bonds. The lowest BCUT2D eigenvalue weighted by atomic mass is 10.3. The number of hydrazine groups is 1. The van der Waals surface area contributed by atoms with Crippen molar-refractivity contribution in [3.8, 4) is 0 Å². The molecule has 0 aliphatic heterocycles. The molecule has 1 aromatic rings. The van der Waals surface area contributed by atoms with E-state index in [1.807, 2.05) is 0 Å². The number of hydrogen-bond donors (Lipinski definition) is 3. The minimum atomic E-state index is 0.594. The topological polar surface area (TPSA) is 101 Å². The Balaban J connectivity index is 2.20. The van der Waals surface area contributed by atoms with Crippen molar-refractivity contribution in [2.75, 3.05) is 13.1 Å². The second-order valence-corrected chi connectivity index (χ2v) is 3.25. The third-order valence-electron chi connectivity index (χ3n) is 1.97. The van der Waals surface area contributed by atoms with Crippen LogP contribution in [0.5, 0.6) is 0 Å². The Morgan fingerprint density at radius 1 is 1.62 bits per heavy atom. The summed E-state index contributed by atoms with van der Waals surface area (Å²) in [5.74, 6) is 6.58. The third-order valence-corrected chi connectivity index (χ3v) is 1.97. The van der Waals surface area contributed by atoms with Crippen molar-refractivity contribution >= 4 is 5.96 Å². The van der Waals surface area contributed by atoms with Crippen LogP contribution in [-0.4, -0.2) is 29.2 Å². The summed E-state index contributed by atoms with van der Waals surface area (Å²) in [4.78, 5) is 8.16. The lowest BCUT2D eigenvalue weighted by Gasteiger charge is -2.07. The van der Waals surface area contributed by atoms with Crippen molar-refractivity contribution in [3.05, 3.63) is 12.2 Å². The quantitative estimate of drug-likeness (QED) is 0.204. The maximum absolute atomic E-state index is 5.32. The number of aromatic nitrogens is 2. The van der Waals surface area contributed by atoms with Gasteiger partial charge in [0.1, 0.15) is 0 Å². The zero-order valence-corrected chi connectivity index (χ0v) is 9.44. The molecule has 0 radical (unpaired) electrons. The van der Waals surface area contributed by atoms with Crippen LogP contribution >= 0.6 is 0 Å². The average Bonchev–Trinajstić information content (AvgIpc) is 2.80. The van der Waals surface area contributed by atoms with Crippen molar-refractivity contribution in [1.29, 1.82) is 0 Å². The van der Waals surface area contributed by atoms with Crippen molar-refractivity contribution in [2.24, 2.45) is 10.8 Å². The zero-order chi connectivity index (χ0) is 11.6. The summed E-state index contributed by atoms with van der Waals surface area (Å²) in [6.45, 7) is 3.55. The fraction of sp³-hybridized carbons (Fsp3) is 0.667. The van der Waals surface area contributed by atoms with Gasteiger partial charge in [-0.3, -0.25) is 10.4 Å². The van der Waals surface area contributed by atoms with Crippen LogP contribution in [0.1, 0.15) is 25.6 Å². The largest absolute Gasteiger partial charge is 0.355 e. The SMILES string of the molecule is CCCCN=C(NN)NCCc1ncon1. The van der Waals surface area contributed by atoms with Crippen molar-refractivity contribution in [2.45, 2.75) is 26.2 Å². The van der Waals surface area contributed by atoms with Gasteiger partial charge in [-0.05, 0) is 6.42 Å². The van der Waals surface area contributed by atoms with Gasteiger partial charge in [0.15, 0.2) is 5.82 Å². The van der Waals surface area contributed by atoms with Crippen LogP contribution in [0.3, 0.4) is 0 Å². The summed E-state index contributed by atoms with van der Waals surface area (Å²) in [6.07, 6.45) is 4.15. The van der Waals surface area contributed by atoms with Crippen LogP contribution < -0.4 is 16.6 Å². The Kier molecular flexibility index (Phi) is 5.94. The van der Waals surface area contributed by atoms with Crippen LogP contribution in [0.15, 0.2) is 15.9 Å². The molecule has 0 aromatic carbocycles. The first-order valence-corrected chi connectivity index (χ1v) is 5.37. The van der Waals surface area contributed by atoms with Crippen molar-refractivity contribution in [3.63, 3.8) is 0 Å². The van der Waals surface area contributed by atoms with E-state index in [0.29, 0.717) is 24.7 Å². The van der Waals surface area contributed by atoms with E-state index in [1.54, 1.807) is 0 Å². The fourth-order valence-corrected chi connectivity index (χ4v) is 1.10. The summed E-state index contributed by atoms with van der Waals surface area (Å²) in [6, 6.07) is 0. The smallest absolute Gasteiger partial charge is 0.213 e. The summed E-state index contributed by atoms with van der Waals surface area (Å²) in [5, 5.41) is 6.76. The van der Waals surface area contributed by atoms with Gasteiger partial charge >= 0.3 is 0 Å². The number of unbranched alkanes of at least 4 members (excludes halogenated alkanes) is 1. The van der Waals surface area contributed by atoms with Gasteiger partial charge < -0.3 is 9.84 Å². The van der Waals surface area contributed by atoms with Gasteiger partial charge in [-0.1, -0.05) is 18.5 Å².